The Morgan fingerprint density at radius 2 is 2.00 bits per heavy atom. The van der Waals surface area contributed by atoms with E-state index in [0.29, 0.717) is 0 Å². The summed E-state index contributed by atoms with van der Waals surface area (Å²) in [6, 6.07) is 12.4. The molecule has 3 nitrogen and oxygen atoms in total. The van der Waals surface area contributed by atoms with Gasteiger partial charge in [-0.1, -0.05) is 24.3 Å². The Labute approximate surface area is 113 Å². The van der Waals surface area contributed by atoms with E-state index in [4.69, 9.17) is 0 Å². The highest BCUT2D eigenvalue weighted by Gasteiger charge is 2.21. The van der Waals surface area contributed by atoms with Gasteiger partial charge in [-0.2, -0.15) is 0 Å². The number of nitrogens with zero attached hydrogens (tertiary/aromatic N) is 2. The molecule has 0 radical (unpaired) electrons. The fourth-order valence-electron chi connectivity index (χ4n) is 2.73. The maximum absolute atomic E-state index is 9.66. The predicted octanol–water partition coefficient (Wildman–Crippen LogP) is 3.14. The summed E-state index contributed by atoms with van der Waals surface area (Å²) in [5, 5.41) is 9.66. The van der Waals surface area contributed by atoms with E-state index in [2.05, 4.69) is 34.1 Å². The van der Waals surface area contributed by atoms with Crippen LogP contribution >= 0.6 is 0 Å². The number of benzene rings is 1. The number of anilines is 2. The number of rotatable bonds is 2. The molecular formula is C16H18N2O. The van der Waals surface area contributed by atoms with Crippen LogP contribution in [0, 0.1) is 6.92 Å². The first-order valence-corrected chi connectivity index (χ1v) is 6.68. The Kier molecular flexibility index (Phi) is 2.99. The Morgan fingerprint density at radius 1 is 1.21 bits per heavy atom. The zero-order valence-corrected chi connectivity index (χ0v) is 11.3. The molecule has 0 amide bonds. The first-order valence-electron chi connectivity index (χ1n) is 6.68. The third-order valence-electron chi connectivity index (χ3n) is 3.73. The minimum absolute atomic E-state index is 0.465. The summed E-state index contributed by atoms with van der Waals surface area (Å²) in [5.74, 6) is 0.965. The van der Waals surface area contributed by atoms with Crippen LogP contribution in [0.25, 0.3) is 0 Å². The topological polar surface area (TPSA) is 36.4 Å². The van der Waals surface area contributed by atoms with Gasteiger partial charge in [0, 0.05) is 23.5 Å². The third-order valence-corrected chi connectivity index (χ3v) is 3.73. The van der Waals surface area contributed by atoms with Crippen LogP contribution in [0.5, 0.6) is 0 Å². The van der Waals surface area contributed by atoms with E-state index < -0.39 is 6.10 Å². The average molecular weight is 254 g/mol. The Morgan fingerprint density at radius 3 is 2.74 bits per heavy atom. The number of aliphatic hydroxyl groups is 1. The van der Waals surface area contributed by atoms with Gasteiger partial charge in [0.1, 0.15) is 5.82 Å². The Balaban J connectivity index is 1.99. The van der Waals surface area contributed by atoms with Gasteiger partial charge in [-0.3, -0.25) is 0 Å². The van der Waals surface area contributed by atoms with E-state index in [1.807, 2.05) is 19.1 Å². The molecule has 1 aromatic carbocycles. The van der Waals surface area contributed by atoms with Crippen molar-refractivity contribution in [2.75, 3.05) is 11.4 Å². The lowest BCUT2D eigenvalue weighted by Gasteiger charge is -2.20. The van der Waals surface area contributed by atoms with Crippen LogP contribution in [-0.4, -0.2) is 16.6 Å². The molecule has 3 rings (SSSR count). The summed E-state index contributed by atoms with van der Waals surface area (Å²) < 4.78 is 0. The van der Waals surface area contributed by atoms with Crippen LogP contribution in [0.4, 0.5) is 11.5 Å². The molecule has 19 heavy (non-hydrogen) atoms. The second kappa shape index (κ2) is 4.67. The van der Waals surface area contributed by atoms with E-state index in [9.17, 15) is 5.11 Å². The van der Waals surface area contributed by atoms with E-state index in [0.717, 1.165) is 30.0 Å². The van der Waals surface area contributed by atoms with E-state index in [1.54, 1.807) is 6.92 Å². The minimum Gasteiger partial charge on any atom is -0.389 e. The molecule has 1 aliphatic rings. The van der Waals surface area contributed by atoms with Crippen molar-refractivity contribution >= 4 is 11.5 Å². The fraction of sp³-hybridized carbons (Fsp3) is 0.312. The van der Waals surface area contributed by atoms with E-state index in [1.165, 1.54) is 11.3 Å². The third kappa shape index (κ3) is 2.10. The zero-order valence-electron chi connectivity index (χ0n) is 11.3. The average Bonchev–Trinajstić information content (AvgIpc) is 2.82. The van der Waals surface area contributed by atoms with Crippen LogP contribution in [0.15, 0.2) is 36.4 Å². The zero-order chi connectivity index (χ0) is 13.4. The van der Waals surface area contributed by atoms with Gasteiger partial charge >= 0.3 is 0 Å². The second-order valence-electron chi connectivity index (χ2n) is 5.05. The number of pyridine rings is 1. The Bertz CT molecular complexity index is 607. The highest BCUT2D eigenvalue weighted by molar-refractivity contribution is 5.67. The molecule has 0 saturated carbocycles. The van der Waals surface area contributed by atoms with E-state index >= 15 is 0 Å². The standard InChI is InChI=1S/C16H18N2O/c1-11-14(12(2)19)7-8-16(17-11)18-10-9-13-5-3-4-6-15(13)18/h3-8,12,19H,9-10H2,1-2H3/t12-/m1/s1. The molecule has 98 valence electrons. The van der Waals surface area contributed by atoms with Crippen molar-refractivity contribution in [3.05, 3.63) is 53.2 Å². The molecule has 1 aromatic heterocycles. The van der Waals surface area contributed by atoms with Crippen molar-refractivity contribution in [2.45, 2.75) is 26.4 Å². The molecule has 0 saturated heterocycles. The predicted molar refractivity (Wildman–Crippen MR) is 76.8 cm³/mol. The molecule has 0 aliphatic carbocycles. The van der Waals surface area contributed by atoms with Gasteiger partial charge in [0.15, 0.2) is 0 Å². The molecular weight excluding hydrogens is 236 g/mol. The first kappa shape index (κ1) is 12.2. The van der Waals surface area contributed by atoms with Gasteiger partial charge in [-0.05, 0) is 38.0 Å². The van der Waals surface area contributed by atoms with Crippen LogP contribution in [-0.2, 0) is 6.42 Å². The molecule has 1 atom stereocenters. The van der Waals surface area contributed by atoms with Crippen molar-refractivity contribution in [1.29, 1.82) is 0 Å². The highest BCUT2D eigenvalue weighted by atomic mass is 16.3. The first-order chi connectivity index (χ1) is 9.16. The van der Waals surface area contributed by atoms with E-state index in [-0.39, 0.29) is 0 Å². The number of aryl methyl sites for hydroxylation is 1. The maximum Gasteiger partial charge on any atom is 0.133 e. The fourth-order valence-corrected chi connectivity index (χ4v) is 2.73. The van der Waals surface area contributed by atoms with Gasteiger partial charge in [0.2, 0.25) is 0 Å². The normalized spacial score (nSPS) is 15.4. The highest BCUT2D eigenvalue weighted by Crippen LogP contribution is 2.33. The molecule has 1 aliphatic heterocycles. The quantitative estimate of drug-likeness (QED) is 0.894. The van der Waals surface area contributed by atoms with Crippen LogP contribution in [0.1, 0.15) is 29.8 Å². The summed E-state index contributed by atoms with van der Waals surface area (Å²) in [5.41, 5.74) is 4.42. The molecule has 0 fully saturated rings. The number of aliphatic hydroxyl groups excluding tert-OH is 1. The van der Waals surface area contributed by atoms with Crippen molar-refractivity contribution in [3.63, 3.8) is 0 Å². The van der Waals surface area contributed by atoms with Crippen LogP contribution in [0.2, 0.25) is 0 Å². The smallest absolute Gasteiger partial charge is 0.133 e. The van der Waals surface area contributed by atoms with Gasteiger partial charge in [-0.25, -0.2) is 4.98 Å². The van der Waals surface area contributed by atoms with Gasteiger partial charge in [-0.15, -0.1) is 0 Å². The summed E-state index contributed by atoms with van der Waals surface area (Å²) in [4.78, 5) is 6.89. The number of hydrogen-bond acceptors (Lipinski definition) is 3. The molecule has 3 heteroatoms. The van der Waals surface area contributed by atoms with Crippen molar-refractivity contribution in [2.24, 2.45) is 0 Å². The minimum atomic E-state index is -0.465. The number of fused-ring (bicyclic) bond motifs is 1. The lowest BCUT2D eigenvalue weighted by molar-refractivity contribution is 0.198. The summed E-state index contributed by atoms with van der Waals surface area (Å²) in [6.45, 7) is 4.70. The summed E-state index contributed by atoms with van der Waals surface area (Å²) in [7, 11) is 0. The molecule has 0 bridgehead atoms. The number of aromatic nitrogens is 1. The summed E-state index contributed by atoms with van der Waals surface area (Å²) >= 11 is 0. The Hall–Kier alpha value is -1.87. The monoisotopic (exact) mass is 254 g/mol. The summed E-state index contributed by atoms with van der Waals surface area (Å²) in [6.07, 6.45) is 0.599. The van der Waals surface area contributed by atoms with Crippen molar-refractivity contribution in [1.82, 2.24) is 4.98 Å². The molecule has 2 aromatic rings. The SMILES string of the molecule is Cc1nc(N2CCc3ccccc32)ccc1[C@@H](C)O. The molecule has 0 unspecified atom stereocenters. The lowest BCUT2D eigenvalue weighted by Crippen LogP contribution is -2.15. The van der Waals surface area contributed by atoms with Gasteiger partial charge < -0.3 is 10.0 Å². The van der Waals surface area contributed by atoms with Gasteiger partial charge in [0.25, 0.3) is 0 Å². The second-order valence-corrected chi connectivity index (χ2v) is 5.05. The van der Waals surface area contributed by atoms with Crippen molar-refractivity contribution < 1.29 is 5.11 Å². The number of hydrogen-bond donors (Lipinski definition) is 1. The van der Waals surface area contributed by atoms with Gasteiger partial charge in [0.05, 0.1) is 6.10 Å². The van der Waals surface area contributed by atoms with Crippen molar-refractivity contribution in [3.8, 4) is 0 Å². The number of para-hydroxylation sites is 1. The molecule has 0 spiro atoms. The molecule has 1 N–H and O–H groups in total. The maximum atomic E-state index is 9.66. The molecule has 2 heterocycles. The van der Waals surface area contributed by atoms with Crippen LogP contribution in [0.3, 0.4) is 0 Å². The lowest BCUT2D eigenvalue weighted by atomic mass is 10.1. The van der Waals surface area contributed by atoms with Crippen LogP contribution < -0.4 is 4.90 Å². The largest absolute Gasteiger partial charge is 0.389 e.